The van der Waals surface area contributed by atoms with E-state index in [9.17, 15) is 9.59 Å². The molecule has 28 heavy (non-hydrogen) atoms. The summed E-state index contributed by atoms with van der Waals surface area (Å²) in [5, 5.41) is 3.67. The Morgan fingerprint density at radius 2 is 1.75 bits per heavy atom. The molecule has 0 unspecified atom stereocenters. The van der Waals surface area contributed by atoms with Crippen LogP contribution in [0.25, 0.3) is 5.57 Å². The number of carbonyl (C=O) groups is 2. The molecule has 2 aromatic rings. The molecule has 0 bridgehead atoms. The third kappa shape index (κ3) is 3.88. The lowest BCUT2D eigenvalue weighted by molar-refractivity contribution is -0.137. The zero-order valence-corrected chi connectivity index (χ0v) is 16.7. The van der Waals surface area contributed by atoms with Crippen LogP contribution in [0.2, 0.25) is 5.02 Å². The van der Waals surface area contributed by atoms with E-state index < -0.39 is 5.91 Å². The number of anilines is 1. The molecule has 1 heterocycles. The third-order valence-corrected chi connectivity index (χ3v) is 4.69. The Balaban J connectivity index is 2.08. The summed E-state index contributed by atoms with van der Waals surface area (Å²) in [6.45, 7) is 2.36. The fraction of sp³-hybridized carbons (Fsp3) is 0.238. The number of aryl methyl sites for hydroxylation is 1. The van der Waals surface area contributed by atoms with E-state index in [0.29, 0.717) is 27.6 Å². The maximum Gasteiger partial charge on any atom is 0.278 e. The molecule has 1 N–H and O–H groups in total. The number of hydrogen-bond acceptors (Lipinski definition) is 5. The van der Waals surface area contributed by atoms with Crippen LogP contribution in [0.1, 0.15) is 11.1 Å². The molecule has 7 heteroatoms. The van der Waals surface area contributed by atoms with Crippen molar-refractivity contribution in [3.63, 3.8) is 0 Å². The van der Waals surface area contributed by atoms with Crippen LogP contribution in [0.4, 0.5) is 5.69 Å². The van der Waals surface area contributed by atoms with Gasteiger partial charge in [0.2, 0.25) is 0 Å². The molecule has 0 spiro atoms. The van der Waals surface area contributed by atoms with Gasteiger partial charge in [-0.05, 0) is 42.3 Å². The van der Waals surface area contributed by atoms with E-state index in [1.165, 1.54) is 12.0 Å². The Hall–Kier alpha value is -2.83. The summed E-state index contributed by atoms with van der Waals surface area (Å²) < 4.78 is 10.4. The molecule has 0 saturated heterocycles. The Morgan fingerprint density at radius 1 is 1.04 bits per heavy atom. The molecule has 3 rings (SSSR count). The number of rotatable bonds is 7. The predicted molar refractivity (Wildman–Crippen MR) is 108 cm³/mol. The SMILES string of the molecule is COCCN1C(=O)C(Nc2cc(C)ccc2OC)=C(c2ccc(Cl)cc2)C1=O. The van der Waals surface area contributed by atoms with E-state index in [0.717, 1.165) is 5.56 Å². The second kappa shape index (κ2) is 8.46. The lowest BCUT2D eigenvalue weighted by Crippen LogP contribution is -2.35. The van der Waals surface area contributed by atoms with Crippen LogP contribution in [0.3, 0.4) is 0 Å². The summed E-state index contributed by atoms with van der Waals surface area (Å²) in [5.74, 6) is -0.210. The van der Waals surface area contributed by atoms with Crippen LogP contribution in [0.5, 0.6) is 5.75 Å². The highest BCUT2D eigenvalue weighted by atomic mass is 35.5. The van der Waals surface area contributed by atoms with Gasteiger partial charge in [0.15, 0.2) is 0 Å². The number of benzene rings is 2. The highest BCUT2D eigenvalue weighted by Crippen LogP contribution is 2.34. The molecule has 0 aromatic heterocycles. The van der Waals surface area contributed by atoms with Crippen molar-refractivity contribution in [2.45, 2.75) is 6.92 Å². The molecule has 1 aliphatic heterocycles. The number of methoxy groups -OCH3 is 2. The van der Waals surface area contributed by atoms with Crippen molar-refractivity contribution in [3.8, 4) is 5.75 Å². The monoisotopic (exact) mass is 400 g/mol. The van der Waals surface area contributed by atoms with Crippen molar-refractivity contribution in [2.75, 3.05) is 32.7 Å². The smallest absolute Gasteiger partial charge is 0.278 e. The number of amides is 2. The molecule has 0 radical (unpaired) electrons. The highest BCUT2D eigenvalue weighted by molar-refractivity contribution is 6.37. The number of nitrogens with one attached hydrogen (secondary N) is 1. The van der Waals surface area contributed by atoms with Crippen molar-refractivity contribution >= 4 is 34.7 Å². The first-order valence-electron chi connectivity index (χ1n) is 8.73. The Kier molecular flexibility index (Phi) is 6.02. The second-order valence-corrected chi connectivity index (χ2v) is 6.78. The predicted octanol–water partition coefficient (Wildman–Crippen LogP) is 3.50. The first-order valence-corrected chi connectivity index (χ1v) is 9.11. The third-order valence-electron chi connectivity index (χ3n) is 4.43. The summed E-state index contributed by atoms with van der Waals surface area (Å²) >= 11 is 5.98. The first-order chi connectivity index (χ1) is 13.5. The normalized spacial score (nSPS) is 14.1. The van der Waals surface area contributed by atoms with Crippen molar-refractivity contribution in [2.24, 2.45) is 0 Å². The molecule has 1 aliphatic rings. The molecule has 0 fully saturated rings. The van der Waals surface area contributed by atoms with E-state index >= 15 is 0 Å². The van der Waals surface area contributed by atoms with Gasteiger partial charge in [0, 0.05) is 12.1 Å². The fourth-order valence-corrected chi connectivity index (χ4v) is 3.14. The number of halogens is 1. The molecular weight excluding hydrogens is 380 g/mol. The van der Waals surface area contributed by atoms with Crippen LogP contribution >= 0.6 is 11.6 Å². The van der Waals surface area contributed by atoms with Crippen molar-refractivity contribution in [1.29, 1.82) is 0 Å². The lowest BCUT2D eigenvalue weighted by Gasteiger charge is -2.15. The van der Waals surface area contributed by atoms with Crippen LogP contribution < -0.4 is 10.1 Å². The average Bonchev–Trinajstić information content (AvgIpc) is 2.91. The molecule has 146 valence electrons. The number of nitrogens with zero attached hydrogens (tertiary/aromatic N) is 1. The molecular formula is C21H21ClN2O4. The van der Waals surface area contributed by atoms with Crippen LogP contribution in [0, 0.1) is 6.92 Å². The van der Waals surface area contributed by atoms with E-state index in [2.05, 4.69) is 5.32 Å². The van der Waals surface area contributed by atoms with E-state index in [1.807, 2.05) is 25.1 Å². The highest BCUT2D eigenvalue weighted by Gasteiger charge is 2.39. The van der Waals surface area contributed by atoms with Crippen molar-refractivity contribution in [1.82, 2.24) is 4.90 Å². The molecule has 0 atom stereocenters. The number of carbonyl (C=O) groups excluding carboxylic acids is 2. The molecule has 6 nitrogen and oxygen atoms in total. The largest absolute Gasteiger partial charge is 0.495 e. The summed E-state index contributed by atoms with van der Waals surface area (Å²) in [6, 6.07) is 12.4. The summed E-state index contributed by atoms with van der Waals surface area (Å²) in [4.78, 5) is 27.2. The lowest BCUT2D eigenvalue weighted by atomic mass is 10.0. The quantitative estimate of drug-likeness (QED) is 0.720. The fourth-order valence-electron chi connectivity index (χ4n) is 3.02. The minimum atomic E-state index is -0.407. The topological polar surface area (TPSA) is 67.9 Å². The van der Waals surface area contributed by atoms with E-state index in [-0.39, 0.29) is 24.8 Å². The van der Waals surface area contributed by atoms with Gasteiger partial charge in [-0.25, -0.2) is 0 Å². The van der Waals surface area contributed by atoms with Crippen molar-refractivity contribution < 1.29 is 19.1 Å². The van der Waals surface area contributed by atoms with Crippen LogP contribution in [-0.4, -0.2) is 44.1 Å². The summed E-state index contributed by atoms with van der Waals surface area (Å²) in [5.41, 5.74) is 2.70. The van der Waals surface area contributed by atoms with E-state index in [4.69, 9.17) is 21.1 Å². The minimum Gasteiger partial charge on any atom is -0.495 e. The number of ether oxygens (including phenoxy) is 2. The second-order valence-electron chi connectivity index (χ2n) is 6.34. The zero-order chi connectivity index (χ0) is 20.3. The molecule has 2 aromatic carbocycles. The van der Waals surface area contributed by atoms with Gasteiger partial charge < -0.3 is 14.8 Å². The standard InChI is InChI=1S/C21H21ClN2O4/c1-13-4-9-17(28-3)16(12-13)23-19-18(14-5-7-15(22)8-6-14)20(25)24(21(19)26)10-11-27-2/h4-9,12,23H,10-11H2,1-3H3. The van der Waals surface area contributed by atoms with Crippen LogP contribution in [-0.2, 0) is 14.3 Å². The Labute approximate surface area is 168 Å². The number of imide groups is 1. The molecule has 0 saturated carbocycles. The summed E-state index contributed by atoms with van der Waals surface area (Å²) in [6.07, 6.45) is 0. The van der Waals surface area contributed by atoms with Gasteiger partial charge in [-0.2, -0.15) is 0 Å². The number of hydrogen-bond donors (Lipinski definition) is 1. The summed E-state index contributed by atoms with van der Waals surface area (Å²) in [7, 11) is 3.08. The van der Waals surface area contributed by atoms with E-state index in [1.54, 1.807) is 31.4 Å². The van der Waals surface area contributed by atoms with Crippen LogP contribution in [0.15, 0.2) is 48.2 Å². The van der Waals surface area contributed by atoms with Gasteiger partial charge in [-0.15, -0.1) is 0 Å². The zero-order valence-electron chi connectivity index (χ0n) is 15.9. The average molecular weight is 401 g/mol. The van der Waals surface area contributed by atoms with Gasteiger partial charge in [0.1, 0.15) is 11.4 Å². The first kappa shape index (κ1) is 19.9. The molecule has 2 amide bonds. The van der Waals surface area contributed by atoms with Gasteiger partial charge in [0.25, 0.3) is 11.8 Å². The molecule has 0 aliphatic carbocycles. The maximum atomic E-state index is 13.0. The minimum absolute atomic E-state index is 0.168. The van der Waals surface area contributed by atoms with Crippen molar-refractivity contribution in [3.05, 3.63) is 64.3 Å². The Morgan fingerprint density at radius 3 is 2.39 bits per heavy atom. The van der Waals surface area contributed by atoms with Gasteiger partial charge >= 0.3 is 0 Å². The van der Waals surface area contributed by atoms with Gasteiger partial charge in [-0.1, -0.05) is 29.8 Å². The Bertz CT molecular complexity index is 938. The van der Waals surface area contributed by atoms with Gasteiger partial charge in [-0.3, -0.25) is 14.5 Å². The maximum absolute atomic E-state index is 13.0. The van der Waals surface area contributed by atoms with Gasteiger partial charge in [0.05, 0.1) is 31.5 Å².